The Bertz CT molecular complexity index is 289. The minimum absolute atomic E-state index is 0.176. The molecule has 1 spiro atoms. The molecule has 1 heterocycles. The lowest BCUT2D eigenvalue weighted by Crippen LogP contribution is -2.53. The Labute approximate surface area is 111 Å². The van der Waals surface area contributed by atoms with E-state index in [0.717, 1.165) is 19.5 Å². The number of hydrogen-bond acceptors (Lipinski definition) is 2. The number of carbonyl (C=O) groups is 1. The summed E-state index contributed by atoms with van der Waals surface area (Å²) in [5, 5.41) is 0. The fourth-order valence-corrected chi connectivity index (χ4v) is 3.60. The summed E-state index contributed by atoms with van der Waals surface area (Å²) in [5.41, 5.74) is 6.45. The molecule has 2 rings (SSSR count). The van der Waals surface area contributed by atoms with Gasteiger partial charge in [0.15, 0.2) is 0 Å². The standard InChI is InChI=1S/C15H28N2O/c1-12(2)13(16)14(18)17-10-6-9-15(11-17)7-4-3-5-8-15/h12-13H,3-11,16H2,1-2H3/t13-/m0/s1. The Kier molecular flexibility index (Phi) is 4.31. The molecular formula is C15H28N2O. The van der Waals surface area contributed by atoms with Crippen LogP contribution in [0.5, 0.6) is 0 Å². The molecule has 1 saturated heterocycles. The Balaban J connectivity index is 1.99. The number of likely N-dealkylation sites (tertiary alicyclic amines) is 1. The van der Waals surface area contributed by atoms with Crippen molar-refractivity contribution >= 4 is 5.91 Å². The molecule has 1 aliphatic carbocycles. The largest absolute Gasteiger partial charge is 0.341 e. The molecule has 2 aliphatic rings. The first-order chi connectivity index (χ1) is 8.54. The number of piperidine rings is 1. The van der Waals surface area contributed by atoms with E-state index < -0.39 is 0 Å². The molecule has 3 heteroatoms. The second-order valence-corrected chi connectivity index (χ2v) is 6.69. The van der Waals surface area contributed by atoms with Gasteiger partial charge in [-0.1, -0.05) is 33.1 Å². The predicted octanol–water partition coefficient (Wildman–Crippen LogP) is 2.54. The number of amides is 1. The predicted molar refractivity (Wildman–Crippen MR) is 74.1 cm³/mol. The van der Waals surface area contributed by atoms with Crippen LogP contribution in [0.3, 0.4) is 0 Å². The third-order valence-corrected chi connectivity index (χ3v) is 4.89. The minimum Gasteiger partial charge on any atom is -0.341 e. The van der Waals surface area contributed by atoms with Crippen molar-refractivity contribution in [2.24, 2.45) is 17.1 Å². The zero-order chi connectivity index (χ0) is 13.2. The normalized spacial score (nSPS) is 25.4. The number of carbonyl (C=O) groups excluding carboxylic acids is 1. The Hall–Kier alpha value is -0.570. The highest BCUT2D eigenvalue weighted by Crippen LogP contribution is 2.43. The number of hydrogen-bond donors (Lipinski definition) is 1. The molecule has 0 bridgehead atoms. The van der Waals surface area contributed by atoms with Gasteiger partial charge in [0, 0.05) is 13.1 Å². The zero-order valence-corrected chi connectivity index (χ0v) is 12.0. The number of nitrogens with zero attached hydrogens (tertiary/aromatic N) is 1. The fraction of sp³-hybridized carbons (Fsp3) is 0.933. The maximum Gasteiger partial charge on any atom is 0.239 e. The first-order valence-electron chi connectivity index (χ1n) is 7.58. The van der Waals surface area contributed by atoms with E-state index in [-0.39, 0.29) is 17.9 Å². The van der Waals surface area contributed by atoms with Gasteiger partial charge in [0.2, 0.25) is 5.91 Å². The average molecular weight is 252 g/mol. The smallest absolute Gasteiger partial charge is 0.239 e. The van der Waals surface area contributed by atoms with Crippen molar-refractivity contribution in [3.63, 3.8) is 0 Å². The molecule has 2 fully saturated rings. The van der Waals surface area contributed by atoms with Crippen LogP contribution in [-0.2, 0) is 4.79 Å². The van der Waals surface area contributed by atoms with Crippen molar-refractivity contribution in [3.8, 4) is 0 Å². The van der Waals surface area contributed by atoms with Gasteiger partial charge in [-0.3, -0.25) is 4.79 Å². The highest BCUT2D eigenvalue weighted by molar-refractivity contribution is 5.82. The molecule has 1 aliphatic heterocycles. The topological polar surface area (TPSA) is 46.3 Å². The van der Waals surface area contributed by atoms with Gasteiger partial charge < -0.3 is 10.6 Å². The van der Waals surface area contributed by atoms with E-state index in [0.29, 0.717) is 5.41 Å². The summed E-state index contributed by atoms with van der Waals surface area (Å²) in [6.07, 6.45) is 9.17. The average Bonchev–Trinajstić information content (AvgIpc) is 2.38. The summed E-state index contributed by atoms with van der Waals surface area (Å²) in [6, 6.07) is -0.316. The lowest BCUT2D eigenvalue weighted by atomic mass is 9.69. The number of rotatable bonds is 2. The van der Waals surface area contributed by atoms with Gasteiger partial charge >= 0.3 is 0 Å². The molecule has 18 heavy (non-hydrogen) atoms. The quantitative estimate of drug-likeness (QED) is 0.821. The van der Waals surface area contributed by atoms with E-state index >= 15 is 0 Å². The Morgan fingerprint density at radius 2 is 1.72 bits per heavy atom. The molecule has 0 aromatic heterocycles. The molecule has 0 radical (unpaired) electrons. The van der Waals surface area contributed by atoms with Gasteiger partial charge in [-0.2, -0.15) is 0 Å². The van der Waals surface area contributed by atoms with Gasteiger partial charge in [-0.15, -0.1) is 0 Å². The molecule has 1 saturated carbocycles. The lowest BCUT2D eigenvalue weighted by molar-refractivity contribution is -0.137. The Morgan fingerprint density at radius 1 is 1.11 bits per heavy atom. The van der Waals surface area contributed by atoms with Gasteiger partial charge in [-0.05, 0) is 37.0 Å². The lowest BCUT2D eigenvalue weighted by Gasteiger charge is -2.46. The van der Waals surface area contributed by atoms with Crippen LogP contribution in [0, 0.1) is 11.3 Å². The third-order valence-electron chi connectivity index (χ3n) is 4.89. The van der Waals surface area contributed by atoms with Crippen molar-refractivity contribution < 1.29 is 4.79 Å². The molecule has 0 aromatic rings. The van der Waals surface area contributed by atoms with Crippen LogP contribution in [0.4, 0.5) is 0 Å². The van der Waals surface area contributed by atoms with Crippen LogP contribution in [0.15, 0.2) is 0 Å². The summed E-state index contributed by atoms with van der Waals surface area (Å²) in [7, 11) is 0. The van der Waals surface area contributed by atoms with E-state index in [4.69, 9.17) is 5.73 Å². The first kappa shape index (κ1) is 13.9. The summed E-state index contributed by atoms with van der Waals surface area (Å²) in [6.45, 7) is 5.94. The van der Waals surface area contributed by atoms with Crippen molar-refractivity contribution in [1.29, 1.82) is 0 Å². The summed E-state index contributed by atoms with van der Waals surface area (Å²) >= 11 is 0. The molecular weight excluding hydrogens is 224 g/mol. The zero-order valence-electron chi connectivity index (χ0n) is 12.0. The molecule has 0 unspecified atom stereocenters. The van der Waals surface area contributed by atoms with E-state index in [1.165, 1.54) is 38.5 Å². The summed E-state index contributed by atoms with van der Waals surface area (Å²) in [4.78, 5) is 14.4. The molecule has 2 N–H and O–H groups in total. The molecule has 104 valence electrons. The van der Waals surface area contributed by atoms with Crippen LogP contribution in [0.25, 0.3) is 0 Å². The molecule has 0 aromatic carbocycles. The SMILES string of the molecule is CC(C)[C@H](N)C(=O)N1CCCC2(CCCCC2)C1. The first-order valence-corrected chi connectivity index (χ1v) is 7.58. The maximum absolute atomic E-state index is 12.4. The minimum atomic E-state index is -0.316. The highest BCUT2D eigenvalue weighted by atomic mass is 16.2. The van der Waals surface area contributed by atoms with Gasteiger partial charge in [-0.25, -0.2) is 0 Å². The van der Waals surface area contributed by atoms with E-state index in [2.05, 4.69) is 4.90 Å². The van der Waals surface area contributed by atoms with Crippen LogP contribution < -0.4 is 5.73 Å². The molecule has 1 atom stereocenters. The Morgan fingerprint density at radius 3 is 2.33 bits per heavy atom. The van der Waals surface area contributed by atoms with Crippen molar-refractivity contribution in [2.45, 2.75) is 64.8 Å². The van der Waals surface area contributed by atoms with Gasteiger partial charge in [0.1, 0.15) is 0 Å². The molecule has 3 nitrogen and oxygen atoms in total. The second kappa shape index (κ2) is 5.60. The van der Waals surface area contributed by atoms with E-state index in [1.54, 1.807) is 0 Å². The summed E-state index contributed by atoms with van der Waals surface area (Å²) in [5.74, 6) is 0.413. The van der Waals surface area contributed by atoms with Crippen LogP contribution in [0.2, 0.25) is 0 Å². The van der Waals surface area contributed by atoms with Gasteiger partial charge in [0.25, 0.3) is 0 Å². The number of nitrogens with two attached hydrogens (primary N) is 1. The monoisotopic (exact) mass is 252 g/mol. The highest BCUT2D eigenvalue weighted by Gasteiger charge is 2.38. The van der Waals surface area contributed by atoms with Crippen molar-refractivity contribution in [2.75, 3.05) is 13.1 Å². The van der Waals surface area contributed by atoms with Crippen molar-refractivity contribution in [3.05, 3.63) is 0 Å². The van der Waals surface area contributed by atoms with Crippen LogP contribution in [-0.4, -0.2) is 29.9 Å². The maximum atomic E-state index is 12.4. The third kappa shape index (κ3) is 2.87. The summed E-state index contributed by atoms with van der Waals surface area (Å²) < 4.78 is 0. The van der Waals surface area contributed by atoms with E-state index in [9.17, 15) is 4.79 Å². The van der Waals surface area contributed by atoms with Crippen LogP contribution in [0.1, 0.15) is 58.8 Å². The fourth-order valence-electron chi connectivity index (χ4n) is 3.60. The van der Waals surface area contributed by atoms with Crippen molar-refractivity contribution in [1.82, 2.24) is 4.90 Å². The second-order valence-electron chi connectivity index (χ2n) is 6.69. The van der Waals surface area contributed by atoms with Gasteiger partial charge in [0.05, 0.1) is 6.04 Å². The van der Waals surface area contributed by atoms with Crippen LogP contribution >= 0.6 is 0 Å². The molecule has 1 amide bonds. The van der Waals surface area contributed by atoms with E-state index in [1.807, 2.05) is 13.8 Å².